The van der Waals surface area contributed by atoms with Gasteiger partial charge in [0.2, 0.25) is 0 Å². The summed E-state index contributed by atoms with van der Waals surface area (Å²) in [5, 5.41) is 3.09. The van der Waals surface area contributed by atoms with Crippen LogP contribution in [0, 0.1) is 0 Å². The van der Waals surface area contributed by atoms with Crippen molar-refractivity contribution < 1.29 is 4.42 Å². The Hall–Kier alpha value is -0.800. The van der Waals surface area contributed by atoms with E-state index in [9.17, 15) is 0 Å². The summed E-state index contributed by atoms with van der Waals surface area (Å²) in [6, 6.07) is 2.16. The second-order valence-corrected chi connectivity index (χ2v) is 4.29. The molecule has 1 aliphatic rings. The van der Waals surface area contributed by atoms with Crippen LogP contribution >= 0.6 is 0 Å². The van der Waals surface area contributed by atoms with Crippen molar-refractivity contribution in [1.29, 1.82) is 0 Å². The van der Waals surface area contributed by atoms with Crippen molar-refractivity contribution in [3.63, 3.8) is 0 Å². The molecule has 1 aromatic rings. The van der Waals surface area contributed by atoms with Gasteiger partial charge in [0.25, 0.3) is 0 Å². The van der Waals surface area contributed by atoms with Crippen molar-refractivity contribution in [3.05, 3.63) is 23.7 Å². The van der Waals surface area contributed by atoms with Gasteiger partial charge in [-0.1, -0.05) is 6.42 Å². The Kier molecular flexibility index (Phi) is 3.80. The van der Waals surface area contributed by atoms with E-state index in [1.54, 1.807) is 0 Å². The molecule has 0 aromatic carbocycles. The van der Waals surface area contributed by atoms with Gasteiger partial charge in [-0.05, 0) is 39.0 Å². The summed E-state index contributed by atoms with van der Waals surface area (Å²) >= 11 is 0. The Balaban J connectivity index is 1.86. The summed E-state index contributed by atoms with van der Waals surface area (Å²) < 4.78 is 5.46. The van der Waals surface area contributed by atoms with Crippen LogP contribution in [0.25, 0.3) is 0 Å². The van der Waals surface area contributed by atoms with E-state index in [1.165, 1.54) is 37.9 Å². The van der Waals surface area contributed by atoms with Crippen LogP contribution in [0.15, 0.2) is 16.7 Å². The predicted octanol–water partition coefficient (Wildman–Crippen LogP) is 1.98. The lowest BCUT2D eigenvalue weighted by molar-refractivity contribution is 0.220. The molecule has 1 aliphatic heterocycles. The van der Waals surface area contributed by atoms with Crippen LogP contribution < -0.4 is 5.32 Å². The Morgan fingerprint density at radius 2 is 2.13 bits per heavy atom. The number of hydrogen-bond acceptors (Lipinski definition) is 3. The number of hydrogen-bond donors (Lipinski definition) is 1. The van der Waals surface area contributed by atoms with Gasteiger partial charge in [-0.3, -0.25) is 4.90 Å². The third-order valence-electron chi connectivity index (χ3n) is 2.91. The van der Waals surface area contributed by atoms with Crippen molar-refractivity contribution in [2.45, 2.75) is 32.4 Å². The molecule has 0 bridgehead atoms. The Bertz CT molecular complexity index is 290. The first kappa shape index (κ1) is 10.7. The Labute approximate surface area is 91.4 Å². The minimum Gasteiger partial charge on any atom is -0.468 e. The van der Waals surface area contributed by atoms with E-state index in [-0.39, 0.29) is 0 Å². The molecule has 84 valence electrons. The van der Waals surface area contributed by atoms with Crippen molar-refractivity contribution >= 4 is 0 Å². The van der Waals surface area contributed by atoms with Gasteiger partial charge in [0.05, 0.1) is 12.8 Å². The highest BCUT2D eigenvalue weighted by Gasteiger charge is 2.11. The van der Waals surface area contributed by atoms with Gasteiger partial charge in [0.15, 0.2) is 0 Å². The zero-order valence-corrected chi connectivity index (χ0v) is 9.46. The zero-order chi connectivity index (χ0) is 10.5. The quantitative estimate of drug-likeness (QED) is 0.820. The molecular weight excluding hydrogens is 188 g/mol. The van der Waals surface area contributed by atoms with E-state index in [0.717, 1.165) is 18.8 Å². The van der Waals surface area contributed by atoms with Gasteiger partial charge in [-0.2, -0.15) is 0 Å². The van der Waals surface area contributed by atoms with Gasteiger partial charge in [0, 0.05) is 12.1 Å². The lowest BCUT2D eigenvalue weighted by Gasteiger charge is -2.25. The van der Waals surface area contributed by atoms with Gasteiger partial charge in [-0.15, -0.1) is 0 Å². The van der Waals surface area contributed by atoms with Crippen LogP contribution in [0.3, 0.4) is 0 Å². The maximum atomic E-state index is 5.46. The van der Waals surface area contributed by atoms with Gasteiger partial charge >= 0.3 is 0 Å². The van der Waals surface area contributed by atoms with Gasteiger partial charge in [0.1, 0.15) is 5.76 Å². The summed E-state index contributed by atoms with van der Waals surface area (Å²) in [6.07, 6.45) is 5.98. The number of piperidine rings is 1. The van der Waals surface area contributed by atoms with E-state index in [0.29, 0.717) is 0 Å². The number of rotatable bonds is 4. The molecule has 0 atom stereocenters. The molecule has 3 heteroatoms. The molecule has 0 saturated carbocycles. The molecule has 0 amide bonds. The van der Waals surface area contributed by atoms with Crippen LogP contribution in [-0.2, 0) is 13.1 Å². The van der Waals surface area contributed by atoms with Gasteiger partial charge in [-0.25, -0.2) is 0 Å². The molecule has 1 saturated heterocycles. The lowest BCUT2D eigenvalue weighted by atomic mass is 10.1. The number of furan rings is 1. The summed E-state index contributed by atoms with van der Waals surface area (Å²) in [6.45, 7) is 4.35. The second-order valence-electron chi connectivity index (χ2n) is 4.29. The summed E-state index contributed by atoms with van der Waals surface area (Å²) in [5.41, 5.74) is 1.31. The molecule has 0 unspecified atom stereocenters. The van der Waals surface area contributed by atoms with Crippen molar-refractivity contribution in [2.75, 3.05) is 20.1 Å². The molecule has 15 heavy (non-hydrogen) atoms. The largest absolute Gasteiger partial charge is 0.468 e. The van der Waals surface area contributed by atoms with Crippen LogP contribution in [-0.4, -0.2) is 25.0 Å². The average molecular weight is 208 g/mol. The van der Waals surface area contributed by atoms with E-state index in [2.05, 4.69) is 16.3 Å². The molecule has 0 spiro atoms. The number of likely N-dealkylation sites (tertiary alicyclic amines) is 1. The lowest BCUT2D eigenvalue weighted by Crippen LogP contribution is -2.28. The minimum absolute atomic E-state index is 0.819. The highest BCUT2D eigenvalue weighted by atomic mass is 16.3. The monoisotopic (exact) mass is 208 g/mol. The average Bonchev–Trinajstić information content (AvgIpc) is 2.68. The molecule has 3 nitrogen and oxygen atoms in total. The third kappa shape index (κ3) is 3.08. The van der Waals surface area contributed by atoms with E-state index in [4.69, 9.17) is 4.42 Å². The highest BCUT2D eigenvalue weighted by Crippen LogP contribution is 2.14. The first-order valence-electron chi connectivity index (χ1n) is 5.82. The maximum Gasteiger partial charge on any atom is 0.117 e. The molecule has 2 heterocycles. The number of nitrogens with zero attached hydrogens (tertiary/aromatic N) is 1. The topological polar surface area (TPSA) is 28.4 Å². The predicted molar refractivity (Wildman–Crippen MR) is 60.6 cm³/mol. The second kappa shape index (κ2) is 5.33. The first-order valence-corrected chi connectivity index (χ1v) is 5.82. The maximum absolute atomic E-state index is 5.46. The normalized spacial score (nSPS) is 18.2. The minimum atomic E-state index is 0.819. The van der Waals surface area contributed by atoms with Crippen molar-refractivity contribution in [3.8, 4) is 0 Å². The molecule has 1 aromatic heterocycles. The SMILES string of the molecule is CNCc1cc(CN2CCCCC2)co1. The van der Waals surface area contributed by atoms with Crippen LogP contribution in [0.2, 0.25) is 0 Å². The van der Waals surface area contributed by atoms with Crippen LogP contribution in [0.4, 0.5) is 0 Å². The van der Waals surface area contributed by atoms with Crippen molar-refractivity contribution in [1.82, 2.24) is 10.2 Å². The zero-order valence-electron chi connectivity index (χ0n) is 9.46. The fraction of sp³-hybridized carbons (Fsp3) is 0.667. The summed E-state index contributed by atoms with van der Waals surface area (Å²) in [5.74, 6) is 1.03. The number of nitrogens with one attached hydrogen (secondary N) is 1. The first-order chi connectivity index (χ1) is 7.38. The summed E-state index contributed by atoms with van der Waals surface area (Å²) in [7, 11) is 1.94. The Morgan fingerprint density at radius 3 is 2.87 bits per heavy atom. The van der Waals surface area contributed by atoms with E-state index < -0.39 is 0 Å². The van der Waals surface area contributed by atoms with Crippen LogP contribution in [0.5, 0.6) is 0 Å². The summed E-state index contributed by atoms with van der Waals surface area (Å²) in [4.78, 5) is 2.51. The molecular formula is C12H20N2O. The molecule has 2 rings (SSSR count). The van der Waals surface area contributed by atoms with E-state index in [1.807, 2.05) is 13.3 Å². The Morgan fingerprint density at radius 1 is 1.33 bits per heavy atom. The third-order valence-corrected chi connectivity index (χ3v) is 2.91. The molecule has 1 N–H and O–H groups in total. The fourth-order valence-corrected chi connectivity index (χ4v) is 2.15. The van der Waals surface area contributed by atoms with Crippen LogP contribution in [0.1, 0.15) is 30.6 Å². The fourth-order valence-electron chi connectivity index (χ4n) is 2.15. The van der Waals surface area contributed by atoms with E-state index >= 15 is 0 Å². The van der Waals surface area contributed by atoms with Gasteiger partial charge < -0.3 is 9.73 Å². The molecule has 0 radical (unpaired) electrons. The van der Waals surface area contributed by atoms with Crippen molar-refractivity contribution in [2.24, 2.45) is 0 Å². The highest BCUT2D eigenvalue weighted by molar-refractivity contribution is 5.12. The molecule has 1 fully saturated rings. The standard InChI is InChI=1S/C12H20N2O/c1-13-8-12-7-11(10-15-12)9-14-5-3-2-4-6-14/h7,10,13H,2-6,8-9H2,1H3. The smallest absolute Gasteiger partial charge is 0.117 e. The molecule has 0 aliphatic carbocycles.